The summed E-state index contributed by atoms with van der Waals surface area (Å²) in [6.45, 7) is 3.91. The van der Waals surface area contributed by atoms with Gasteiger partial charge in [0.2, 0.25) is 0 Å². The van der Waals surface area contributed by atoms with Crippen molar-refractivity contribution in [3.05, 3.63) is 34.9 Å². The lowest BCUT2D eigenvalue weighted by Crippen LogP contribution is -2.21. The van der Waals surface area contributed by atoms with Gasteiger partial charge >= 0.3 is 6.18 Å². The van der Waals surface area contributed by atoms with E-state index in [1.807, 2.05) is 0 Å². The van der Waals surface area contributed by atoms with Crippen molar-refractivity contribution in [2.75, 3.05) is 0 Å². The van der Waals surface area contributed by atoms with Crippen LogP contribution in [-0.2, 0) is 6.18 Å². The first-order valence-corrected chi connectivity index (χ1v) is 6.72. The summed E-state index contributed by atoms with van der Waals surface area (Å²) in [5.41, 5.74) is 7.14. The summed E-state index contributed by atoms with van der Waals surface area (Å²) < 4.78 is 37.9. The summed E-state index contributed by atoms with van der Waals surface area (Å²) in [7, 11) is 0. The minimum absolute atomic E-state index is 0.146. The second-order valence-electron chi connectivity index (χ2n) is 5.77. The van der Waals surface area contributed by atoms with E-state index < -0.39 is 11.7 Å². The third-order valence-electron chi connectivity index (χ3n) is 4.20. The number of hydrogen-bond acceptors (Lipinski definition) is 1. The minimum Gasteiger partial charge on any atom is -0.324 e. The predicted octanol–water partition coefficient (Wildman–Crippen LogP) is 4.45. The van der Waals surface area contributed by atoms with Gasteiger partial charge in [-0.1, -0.05) is 19.4 Å². The van der Waals surface area contributed by atoms with Gasteiger partial charge in [0.25, 0.3) is 0 Å². The summed E-state index contributed by atoms with van der Waals surface area (Å²) in [6, 6.07) is 3.74. The van der Waals surface area contributed by atoms with Gasteiger partial charge < -0.3 is 5.73 Å². The number of benzene rings is 1. The van der Waals surface area contributed by atoms with Crippen LogP contribution in [0.15, 0.2) is 18.2 Å². The molecule has 1 fully saturated rings. The van der Waals surface area contributed by atoms with Crippen molar-refractivity contribution >= 4 is 0 Å². The van der Waals surface area contributed by atoms with Gasteiger partial charge in [0.05, 0.1) is 5.56 Å². The van der Waals surface area contributed by atoms with E-state index in [9.17, 15) is 13.2 Å². The molecule has 0 aliphatic heterocycles. The summed E-state index contributed by atoms with van der Waals surface area (Å²) in [5.74, 6) is 1.07. The third-order valence-corrected chi connectivity index (χ3v) is 4.20. The first-order chi connectivity index (χ1) is 8.79. The molecule has 1 aromatic rings. The Morgan fingerprint density at radius 3 is 2.42 bits per heavy atom. The molecule has 106 valence electrons. The highest BCUT2D eigenvalue weighted by Gasteiger charge is 2.32. The Kier molecular flexibility index (Phi) is 3.90. The molecule has 1 aliphatic rings. The van der Waals surface area contributed by atoms with E-state index in [0.29, 0.717) is 17.4 Å². The fourth-order valence-electron chi connectivity index (χ4n) is 3.06. The maximum atomic E-state index is 12.6. The largest absolute Gasteiger partial charge is 0.416 e. The molecular weight excluding hydrogens is 251 g/mol. The normalized spacial score (nSPS) is 25.6. The van der Waals surface area contributed by atoms with Crippen LogP contribution in [0.3, 0.4) is 0 Å². The standard InChI is InChI=1S/C15H20F3N/c1-9-3-4-11(7-9)14(19)13-6-5-12(8-10(13)2)15(16,17)18/h5-6,8-9,11,14H,3-4,7,19H2,1-2H3. The van der Waals surface area contributed by atoms with E-state index in [2.05, 4.69) is 6.92 Å². The molecule has 0 saturated heterocycles. The highest BCUT2D eigenvalue weighted by Crippen LogP contribution is 2.39. The van der Waals surface area contributed by atoms with Crippen molar-refractivity contribution < 1.29 is 13.2 Å². The molecule has 4 heteroatoms. The van der Waals surface area contributed by atoms with Crippen molar-refractivity contribution in [1.29, 1.82) is 0 Å². The first-order valence-electron chi connectivity index (χ1n) is 6.72. The van der Waals surface area contributed by atoms with Gasteiger partial charge in [0.1, 0.15) is 0 Å². The monoisotopic (exact) mass is 271 g/mol. The Hall–Kier alpha value is -1.03. The van der Waals surface area contributed by atoms with Crippen LogP contribution in [0.1, 0.15) is 48.9 Å². The molecule has 19 heavy (non-hydrogen) atoms. The highest BCUT2D eigenvalue weighted by atomic mass is 19.4. The van der Waals surface area contributed by atoms with Gasteiger partial charge in [-0.3, -0.25) is 0 Å². The van der Waals surface area contributed by atoms with Gasteiger partial charge in [-0.05, 0) is 54.9 Å². The maximum absolute atomic E-state index is 12.6. The molecule has 2 rings (SSSR count). The van der Waals surface area contributed by atoms with E-state index in [0.717, 1.165) is 30.9 Å². The molecule has 0 radical (unpaired) electrons. The van der Waals surface area contributed by atoms with Gasteiger partial charge in [-0.25, -0.2) is 0 Å². The Morgan fingerprint density at radius 2 is 1.95 bits per heavy atom. The van der Waals surface area contributed by atoms with Crippen LogP contribution in [-0.4, -0.2) is 0 Å². The van der Waals surface area contributed by atoms with E-state index >= 15 is 0 Å². The molecule has 0 bridgehead atoms. The first kappa shape index (κ1) is 14.4. The second kappa shape index (κ2) is 5.16. The molecule has 0 heterocycles. The lowest BCUT2D eigenvalue weighted by Gasteiger charge is -2.22. The van der Waals surface area contributed by atoms with Gasteiger partial charge in [-0.2, -0.15) is 13.2 Å². The number of alkyl halides is 3. The van der Waals surface area contributed by atoms with Crippen molar-refractivity contribution in [3.63, 3.8) is 0 Å². The fraction of sp³-hybridized carbons (Fsp3) is 0.600. The van der Waals surface area contributed by atoms with Crippen LogP contribution in [0.4, 0.5) is 13.2 Å². The SMILES string of the molecule is Cc1cc(C(F)(F)F)ccc1C(N)C1CCC(C)C1. The van der Waals surface area contributed by atoms with Gasteiger partial charge in [0.15, 0.2) is 0 Å². The molecular formula is C15H20F3N. The summed E-state index contributed by atoms with van der Waals surface area (Å²) in [5, 5.41) is 0. The number of rotatable bonds is 2. The fourth-order valence-corrected chi connectivity index (χ4v) is 3.06. The van der Waals surface area contributed by atoms with E-state index in [4.69, 9.17) is 5.73 Å². The second-order valence-corrected chi connectivity index (χ2v) is 5.77. The molecule has 1 saturated carbocycles. The molecule has 0 amide bonds. The smallest absolute Gasteiger partial charge is 0.324 e. The summed E-state index contributed by atoms with van der Waals surface area (Å²) in [4.78, 5) is 0. The van der Waals surface area contributed by atoms with Crippen LogP contribution in [0, 0.1) is 18.8 Å². The zero-order valence-corrected chi connectivity index (χ0v) is 11.3. The van der Waals surface area contributed by atoms with Crippen LogP contribution in [0.5, 0.6) is 0 Å². The number of halogens is 3. The molecule has 2 N–H and O–H groups in total. The molecule has 0 aromatic heterocycles. The van der Waals surface area contributed by atoms with E-state index in [1.165, 1.54) is 6.07 Å². The Labute approximate surface area is 112 Å². The van der Waals surface area contributed by atoms with Crippen molar-refractivity contribution in [3.8, 4) is 0 Å². The lowest BCUT2D eigenvalue weighted by molar-refractivity contribution is -0.137. The third kappa shape index (κ3) is 3.11. The van der Waals surface area contributed by atoms with Crippen LogP contribution in [0.2, 0.25) is 0 Å². The van der Waals surface area contributed by atoms with Crippen molar-refractivity contribution in [2.45, 2.75) is 45.3 Å². The minimum atomic E-state index is -4.28. The van der Waals surface area contributed by atoms with E-state index in [-0.39, 0.29) is 6.04 Å². The topological polar surface area (TPSA) is 26.0 Å². The van der Waals surface area contributed by atoms with Crippen molar-refractivity contribution in [2.24, 2.45) is 17.6 Å². The Bertz CT molecular complexity index is 453. The van der Waals surface area contributed by atoms with Gasteiger partial charge in [-0.15, -0.1) is 0 Å². The molecule has 1 aromatic carbocycles. The number of hydrogen-bond donors (Lipinski definition) is 1. The zero-order valence-electron chi connectivity index (χ0n) is 11.3. The molecule has 3 unspecified atom stereocenters. The Balaban J connectivity index is 2.21. The predicted molar refractivity (Wildman–Crippen MR) is 69.6 cm³/mol. The molecule has 1 aliphatic carbocycles. The zero-order chi connectivity index (χ0) is 14.2. The van der Waals surface area contributed by atoms with Crippen LogP contribution in [0.25, 0.3) is 0 Å². The van der Waals surface area contributed by atoms with Crippen LogP contribution < -0.4 is 5.73 Å². The number of aryl methyl sites for hydroxylation is 1. The lowest BCUT2D eigenvalue weighted by atomic mass is 9.88. The van der Waals surface area contributed by atoms with Crippen molar-refractivity contribution in [1.82, 2.24) is 0 Å². The Morgan fingerprint density at radius 1 is 1.26 bits per heavy atom. The average molecular weight is 271 g/mol. The number of nitrogens with two attached hydrogens (primary N) is 1. The molecule has 3 atom stereocenters. The summed E-state index contributed by atoms with van der Waals surface area (Å²) >= 11 is 0. The van der Waals surface area contributed by atoms with Crippen LogP contribution >= 0.6 is 0 Å². The highest BCUT2D eigenvalue weighted by molar-refractivity contribution is 5.35. The average Bonchev–Trinajstić information content (AvgIpc) is 2.73. The van der Waals surface area contributed by atoms with E-state index in [1.54, 1.807) is 13.0 Å². The summed E-state index contributed by atoms with van der Waals surface area (Å²) in [6.07, 6.45) is -0.974. The quantitative estimate of drug-likeness (QED) is 0.845. The van der Waals surface area contributed by atoms with Gasteiger partial charge in [0, 0.05) is 6.04 Å². The molecule has 0 spiro atoms. The molecule has 1 nitrogen and oxygen atoms in total. The maximum Gasteiger partial charge on any atom is 0.416 e.